The third-order valence-corrected chi connectivity index (χ3v) is 3.53. The van der Waals surface area contributed by atoms with Crippen LogP contribution in [0.3, 0.4) is 0 Å². The molecule has 0 aliphatic carbocycles. The summed E-state index contributed by atoms with van der Waals surface area (Å²) in [4.78, 5) is 10.9. The molecule has 0 aliphatic heterocycles. The van der Waals surface area contributed by atoms with Crippen molar-refractivity contribution >= 4 is 17.2 Å². The van der Waals surface area contributed by atoms with Crippen molar-refractivity contribution in [3.05, 3.63) is 83.1 Å². The van der Waals surface area contributed by atoms with Crippen LogP contribution in [0, 0.1) is 0 Å². The second-order valence-electron chi connectivity index (χ2n) is 4.07. The third kappa shape index (κ3) is 4.07. The third-order valence-electron chi connectivity index (χ3n) is 2.64. The Balaban J connectivity index is 0.000000160. The molecule has 1 aromatic heterocycles. The van der Waals surface area contributed by atoms with Crippen molar-refractivity contribution in [2.24, 2.45) is 5.73 Å². The molecular formula is C17H15NOS. The molecule has 0 atom stereocenters. The number of benzene rings is 2. The SMILES string of the molecule is NC(=O)c1cccs1.c1ccc(-c2ccccc2)cc1. The highest BCUT2D eigenvalue weighted by molar-refractivity contribution is 7.12. The van der Waals surface area contributed by atoms with E-state index < -0.39 is 0 Å². The normalized spacial score (nSPS) is 9.40. The number of hydrogen-bond acceptors (Lipinski definition) is 2. The van der Waals surface area contributed by atoms with Crippen LogP contribution in [-0.2, 0) is 0 Å². The maximum atomic E-state index is 10.3. The summed E-state index contributed by atoms with van der Waals surface area (Å²) in [5.74, 6) is -0.347. The van der Waals surface area contributed by atoms with Crippen LogP contribution in [0.25, 0.3) is 11.1 Å². The minimum absolute atomic E-state index is 0.347. The van der Waals surface area contributed by atoms with Gasteiger partial charge in [0, 0.05) is 0 Å². The van der Waals surface area contributed by atoms with Crippen LogP contribution in [-0.4, -0.2) is 5.91 Å². The highest BCUT2D eigenvalue weighted by Gasteiger charge is 1.96. The van der Waals surface area contributed by atoms with E-state index in [0.717, 1.165) is 0 Å². The molecule has 0 spiro atoms. The lowest BCUT2D eigenvalue weighted by Crippen LogP contribution is -2.07. The van der Waals surface area contributed by atoms with E-state index in [1.54, 1.807) is 12.1 Å². The topological polar surface area (TPSA) is 43.1 Å². The van der Waals surface area contributed by atoms with Crippen LogP contribution in [0.15, 0.2) is 78.2 Å². The zero-order valence-corrected chi connectivity index (χ0v) is 11.7. The summed E-state index contributed by atoms with van der Waals surface area (Å²) in [6.45, 7) is 0. The summed E-state index contributed by atoms with van der Waals surface area (Å²) in [5, 5.41) is 1.82. The van der Waals surface area contributed by atoms with Gasteiger partial charge in [0.05, 0.1) is 4.88 Å². The number of primary amides is 1. The Morgan fingerprint density at radius 1 is 0.750 bits per heavy atom. The minimum atomic E-state index is -0.347. The molecule has 1 amide bonds. The first kappa shape index (κ1) is 14.0. The Labute approximate surface area is 122 Å². The Kier molecular flexibility index (Phi) is 5.09. The van der Waals surface area contributed by atoms with Gasteiger partial charge in [-0.25, -0.2) is 0 Å². The molecule has 2 aromatic carbocycles. The fourth-order valence-electron chi connectivity index (χ4n) is 1.68. The largest absolute Gasteiger partial charge is 0.365 e. The van der Waals surface area contributed by atoms with Gasteiger partial charge >= 0.3 is 0 Å². The van der Waals surface area contributed by atoms with E-state index in [4.69, 9.17) is 5.73 Å². The molecular weight excluding hydrogens is 266 g/mol. The van der Waals surface area contributed by atoms with E-state index in [0.29, 0.717) is 4.88 Å². The Morgan fingerprint density at radius 3 is 1.55 bits per heavy atom. The molecule has 0 radical (unpaired) electrons. The number of rotatable bonds is 2. The van der Waals surface area contributed by atoms with E-state index in [1.165, 1.54) is 22.5 Å². The first-order chi connectivity index (χ1) is 9.77. The van der Waals surface area contributed by atoms with Crippen LogP contribution in [0.5, 0.6) is 0 Å². The number of carbonyl (C=O) groups excluding carboxylic acids is 1. The van der Waals surface area contributed by atoms with Gasteiger partial charge in [0.25, 0.3) is 5.91 Å². The molecule has 20 heavy (non-hydrogen) atoms. The predicted octanol–water partition coefficient (Wildman–Crippen LogP) is 4.20. The molecule has 3 heteroatoms. The molecule has 0 fully saturated rings. The van der Waals surface area contributed by atoms with Gasteiger partial charge in [-0.3, -0.25) is 4.79 Å². The van der Waals surface area contributed by atoms with Crippen molar-refractivity contribution in [3.8, 4) is 11.1 Å². The number of carbonyl (C=O) groups is 1. The van der Waals surface area contributed by atoms with Gasteiger partial charge in [0.2, 0.25) is 0 Å². The first-order valence-corrected chi connectivity index (χ1v) is 7.09. The van der Waals surface area contributed by atoms with E-state index in [-0.39, 0.29) is 5.91 Å². The van der Waals surface area contributed by atoms with Crippen LogP contribution >= 0.6 is 11.3 Å². The number of thiophene rings is 1. The summed E-state index contributed by atoms with van der Waals surface area (Å²) in [7, 11) is 0. The van der Waals surface area contributed by atoms with Crippen molar-refractivity contribution < 1.29 is 4.79 Å². The van der Waals surface area contributed by atoms with Crippen LogP contribution < -0.4 is 5.73 Å². The lowest BCUT2D eigenvalue weighted by Gasteiger charge is -1.98. The molecule has 2 nitrogen and oxygen atoms in total. The molecule has 100 valence electrons. The zero-order chi connectivity index (χ0) is 14.2. The standard InChI is InChI=1S/C12H10.C5H5NOS/c1-3-7-11(8-4-1)12-9-5-2-6-10-12;6-5(7)4-2-1-3-8-4/h1-10H;1-3H,(H2,6,7). The molecule has 0 unspecified atom stereocenters. The monoisotopic (exact) mass is 281 g/mol. The van der Waals surface area contributed by atoms with Crippen molar-refractivity contribution in [3.63, 3.8) is 0 Å². The Hall–Kier alpha value is -2.39. The van der Waals surface area contributed by atoms with Gasteiger partial charge in [0.1, 0.15) is 0 Å². The van der Waals surface area contributed by atoms with Crippen molar-refractivity contribution in [2.75, 3.05) is 0 Å². The van der Waals surface area contributed by atoms with Crippen molar-refractivity contribution in [1.82, 2.24) is 0 Å². The van der Waals surface area contributed by atoms with E-state index >= 15 is 0 Å². The van der Waals surface area contributed by atoms with Crippen LogP contribution in [0.4, 0.5) is 0 Å². The quantitative estimate of drug-likeness (QED) is 0.751. The average Bonchev–Trinajstić information content (AvgIpc) is 3.04. The minimum Gasteiger partial charge on any atom is -0.365 e. The van der Waals surface area contributed by atoms with Crippen LogP contribution in [0.2, 0.25) is 0 Å². The number of amides is 1. The maximum Gasteiger partial charge on any atom is 0.258 e. The molecule has 1 heterocycles. The molecule has 0 saturated heterocycles. The Bertz CT molecular complexity index is 596. The lowest BCUT2D eigenvalue weighted by molar-refractivity contribution is 0.100. The predicted molar refractivity (Wildman–Crippen MR) is 84.7 cm³/mol. The molecule has 0 saturated carbocycles. The molecule has 3 rings (SSSR count). The van der Waals surface area contributed by atoms with Crippen molar-refractivity contribution in [2.45, 2.75) is 0 Å². The van der Waals surface area contributed by atoms with Gasteiger partial charge < -0.3 is 5.73 Å². The molecule has 0 bridgehead atoms. The number of hydrogen-bond donors (Lipinski definition) is 1. The second-order valence-corrected chi connectivity index (χ2v) is 5.02. The molecule has 0 aliphatic rings. The van der Waals surface area contributed by atoms with Gasteiger partial charge in [-0.1, -0.05) is 66.7 Å². The smallest absolute Gasteiger partial charge is 0.258 e. The second kappa shape index (κ2) is 7.26. The molecule has 2 N–H and O–H groups in total. The van der Waals surface area contributed by atoms with E-state index in [9.17, 15) is 4.79 Å². The van der Waals surface area contributed by atoms with Gasteiger partial charge in [-0.15, -0.1) is 11.3 Å². The highest BCUT2D eigenvalue weighted by Crippen LogP contribution is 2.17. The fraction of sp³-hybridized carbons (Fsp3) is 0. The molecule has 3 aromatic rings. The summed E-state index contributed by atoms with van der Waals surface area (Å²) < 4.78 is 0. The fourth-order valence-corrected chi connectivity index (χ4v) is 2.26. The Morgan fingerprint density at radius 2 is 1.25 bits per heavy atom. The van der Waals surface area contributed by atoms with Gasteiger partial charge in [-0.05, 0) is 22.6 Å². The lowest BCUT2D eigenvalue weighted by atomic mass is 10.1. The van der Waals surface area contributed by atoms with Gasteiger partial charge in [-0.2, -0.15) is 0 Å². The van der Waals surface area contributed by atoms with Gasteiger partial charge in [0.15, 0.2) is 0 Å². The van der Waals surface area contributed by atoms with E-state index in [1.807, 2.05) is 17.5 Å². The summed E-state index contributed by atoms with van der Waals surface area (Å²) >= 11 is 1.36. The summed E-state index contributed by atoms with van der Waals surface area (Å²) in [6.07, 6.45) is 0. The van der Waals surface area contributed by atoms with Crippen molar-refractivity contribution in [1.29, 1.82) is 0 Å². The average molecular weight is 281 g/mol. The first-order valence-electron chi connectivity index (χ1n) is 6.21. The summed E-state index contributed by atoms with van der Waals surface area (Å²) in [6, 6.07) is 24.3. The highest BCUT2D eigenvalue weighted by atomic mass is 32.1. The summed E-state index contributed by atoms with van der Waals surface area (Å²) in [5.41, 5.74) is 7.48. The van der Waals surface area contributed by atoms with Crippen LogP contribution in [0.1, 0.15) is 9.67 Å². The number of nitrogens with two attached hydrogens (primary N) is 1. The van der Waals surface area contributed by atoms with E-state index in [2.05, 4.69) is 48.5 Å². The zero-order valence-electron chi connectivity index (χ0n) is 10.9. The maximum absolute atomic E-state index is 10.3.